The summed E-state index contributed by atoms with van der Waals surface area (Å²) in [5.41, 5.74) is 0.401. The molecule has 2 rings (SSSR count). The highest BCUT2D eigenvalue weighted by atomic mass is 16.5. The highest BCUT2D eigenvalue weighted by Crippen LogP contribution is 2.43. The van der Waals surface area contributed by atoms with Gasteiger partial charge >= 0.3 is 0 Å². The summed E-state index contributed by atoms with van der Waals surface area (Å²) >= 11 is 0. The molecule has 0 amide bonds. The molecular weight excluding hydrogens is 304 g/mol. The van der Waals surface area contributed by atoms with E-state index in [0.717, 1.165) is 51.8 Å². The summed E-state index contributed by atoms with van der Waals surface area (Å²) in [5.74, 6) is 0.909. The SMILES string of the molecule is CN=C(NCC(C)N1CCOCC1C)NCC1(CCOC)CCC1. The van der Waals surface area contributed by atoms with E-state index in [1.807, 2.05) is 7.05 Å². The van der Waals surface area contributed by atoms with Crippen LogP contribution >= 0.6 is 0 Å². The molecule has 0 aromatic carbocycles. The molecular formula is C18H36N4O2. The van der Waals surface area contributed by atoms with Crippen molar-refractivity contribution in [2.24, 2.45) is 10.4 Å². The van der Waals surface area contributed by atoms with Crippen molar-refractivity contribution in [3.8, 4) is 0 Å². The average Bonchev–Trinajstić information content (AvgIpc) is 2.56. The largest absolute Gasteiger partial charge is 0.385 e. The van der Waals surface area contributed by atoms with Crippen molar-refractivity contribution in [3.05, 3.63) is 0 Å². The molecule has 0 spiro atoms. The number of guanidine groups is 1. The maximum absolute atomic E-state index is 5.53. The second kappa shape index (κ2) is 9.59. The van der Waals surface area contributed by atoms with Gasteiger partial charge in [0, 0.05) is 52.5 Å². The first-order valence-electron chi connectivity index (χ1n) is 9.37. The maximum Gasteiger partial charge on any atom is 0.191 e. The predicted molar refractivity (Wildman–Crippen MR) is 98.6 cm³/mol. The number of hydrogen-bond acceptors (Lipinski definition) is 4. The van der Waals surface area contributed by atoms with E-state index in [1.165, 1.54) is 19.3 Å². The molecule has 1 saturated heterocycles. The second-order valence-corrected chi connectivity index (χ2v) is 7.41. The first-order valence-corrected chi connectivity index (χ1v) is 9.37. The lowest BCUT2D eigenvalue weighted by Gasteiger charge is -2.42. The fourth-order valence-corrected chi connectivity index (χ4v) is 3.76. The maximum atomic E-state index is 5.53. The lowest BCUT2D eigenvalue weighted by molar-refractivity contribution is -0.0174. The van der Waals surface area contributed by atoms with Crippen LogP contribution in [0.25, 0.3) is 0 Å². The Hall–Kier alpha value is -0.850. The van der Waals surface area contributed by atoms with Crippen LogP contribution in [0.3, 0.4) is 0 Å². The molecule has 2 aliphatic rings. The second-order valence-electron chi connectivity index (χ2n) is 7.41. The Morgan fingerprint density at radius 2 is 2.21 bits per heavy atom. The van der Waals surface area contributed by atoms with Crippen molar-refractivity contribution in [1.29, 1.82) is 0 Å². The van der Waals surface area contributed by atoms with Crippen molar-refractivity contribution < 1.29 is 9.47 Å². The van der Waals surface area contributed by atoms with Crippen LogP contribution < -0.4 is 10.6 Å². The van der Waals surface area contributed by atoms with E-state index in [2.05, 4.69) is 34.4 Å². The quantitative estimate of drug-likeness (QED) is 0.518. The Balaban J connectivity index is 1.73. The Labute approximate surface area is 147 Å². The van der Waals surface area contributed by atoms with Crippen molar-refractivity contribution in [2.75, 3.05) is 53.6 Å². The summed E-state index contributed by atoms with van der Waals surface area (Å²) in [5, 5.41) is 7.02. The van der Waals surface area contributed by atoms with Gasteiger partial charge < -0.3 is 20.1 Å². The molecule has 0 radical (unpaired) electrons. The number of ether oxygens (including phenoxy) is 2. The molecule has 140 valence electrons. The summed E-state index contributed by atoms with van der Waals surface area (Å²) in [6.07, 6.45) is 5.06. The van der Waals surface area contributed by atoms with Gasteiger partial charge in [-0.15, -0.1) is 0 Å². The van der Waals surface area contributed by atoms with Gasteiger partial charge in [0.15, 0.2) is 5.96 Å². The fraction of sp³-hybridized carbons (Fsp3) is 0.944. The lowest BCUT2D eigenvalue weighted by atomic mass is 9.67. The van der Waals surface area contributed by atoms with Crippen molar-refractivity contribution in [3.63, 3.8) is 0 Å². The summed E-state index contributed by atoms with van der Waals surface area (Å²) in [7, 11) is 3.63. The Morgan fingerprint density at radius 1 is 1.42 bits per heavy atom. The van der Waals surface area contributed by atoms with Gasteiger partial charge in [0.25, 0.3) is 0 Å². The molecule has 2 N–H and O–H groups in total. The van der Waals surface area contributed by atoms with Gasteiger partial charge in [0.1, 0.15) is 0 Å². The van der Waals surface area contributed by atoms with Crippen LogP contribution in [0.1, 0.15) is 39.5 Å². The Morgan fingerprint density at radius 3 is 2.79 bits per heavy atom. The van der Waals surface area contributed by atoms with Gasteiger partial charge in [-0.05, 0) is 38.5 Å². The van der Waals surface area contributed by atoms with E-state index in [-0.39, 0.29) is 0 Å². The van der Waals surface area contributed by atoms with E-state index in [9.17, 15) is 0 Å². The molecule has 1 heterocycles. The van der Waals surface area contributed by atoms with E-state index in [1.54, 1.807) is 7.11 Å². The monoisotopic (exact) mass is 340 g/mol. The van der Waals surface area contributed by atoms with E-state index in [4.69, 9.17) is 9.47 Å². The van der Waals surface area contributed by atoms with Gasteiger partial charge in [-0.25, -0.2) is 0 Å². The zero-order valence-electron chi connectivity index (χ0n) is 15.9. The number of rotatable bonds is 8. The van der Waals surface area contributed by atoms with E-state index >= 15 is 0 Å². The van der Waals surface area contributed by atoms with Gasteiger partial charge in [-0.3, -0.25) is 9.89 Å². The minimum Gasteiger partial charge on any atom is -0.385 e. The molecule has 2 atom stereocenters. The highest BCUT2D eigenvalue weighted by molar-refractivity contribution is 5.79. The molecule has 1 aliphatic carbocycles. The van der Waals surface area contributed by atoms with Crippen LogP contribution in [0.15, 0.2) is 4.99 Å². The topological polar surface area (TPSA) is 58.1 Å². The zero-order valence-corrected chi connectivity index (χ0v) is 15.9. The minimum absolute atomic E-state index is 0.401. The zero-order chi connectivity index (χ0) is 17.4. The Kier molecular flexibility index (Phi) is 7.78. The summed E-state index contributed by atoms with van der Waals surface area (Å²) in [6.45, 7) is 9.92. The predicted octanol–water partition coefficient (Wildman–Crippen LogP) is 1.47. The molecule has 1 saturated carbocycles. The summed E-state index contributed by atoms with van der Waals surface area (Å²) in [6, 6.07) is 0.950. The third-order valence-electron chi connectivity index (χ3n) is 5.66. The molecule has 6 heteroatoms. The van der Waals surface area contributed by atoms with Crippen LogP contribution in [0.4, 0.5) is 0 Å². The van der Waals surface area contributed by atoms with E-state index < -0.39 is 0 Å². The summed E-state index contributed by atoms with van der Waals surface area (Å²) in [4.78, 5) is 6.90. The van der Waals surface area contributed by atoms with Crippen LogP contribution in [0.5, 0.6) is 0 Å². The molecule has 1 aliphatic heterocycles. The van der Waals surface area contributed by atoms with Gasteiger partial charge in [0.05, 0.1) is 13.2 Å². The first kappa shape index (κ1) is 19.5. The standard InChI is InChI=1S/C18H36N4O2/c1-15(22-9-11-24-13-16(22)2)12-20-17(19-3)21-14-18(6-5-7-18)8-10-23-4/h15-16H,5-14H2,1-4H3,(H2,19,20,21). The first-order chi connectivity index (χ1) is 11.6. The van der Waals surface area contributed by atoms with Crippen molar-refractivity contribution in [2.45, 2.75) is 51.6 Å². The van der Waals surface area contributed by atoms with Crippen LogP contribution in [0, 0.1) is 5.41 Å². The number of nitrogens with zero attached hydrogens (tertiary/aromatic N) is 2. The third-order valence-corrected chi connectivity index (χ3v) is 5.66. The fourth-order valence-electron chi connectivity index (χ4n) is 3.76. The van der Waals surface area contributed by atoms with E-state index in [0.29, 0.717) is 17.5 Å². The average molecular weight is 341 g/mol. The molecule has 0 aromatic rings. The highest BCUT2D eigenvalue weighted by Gasteiger charge is 2.36. The minimum atomic E-state index is 0.401. The number of aliphatic imine (C=N–C) groups is 1. The molecule has 2 fully saturated rings. The molecule has 24 heavy (non-hydrogen) atoms. The van der Waals surface area contributed by atoms with Gasteiger partial charge in [-0.1, -0.05) is 6.42 Å². The number of methoxy groups -OCH3 is 1. The molecule has 6 nitrogen and oxygen atoms in total. The van der Waals surface area contributed by atoms with Crippen LogP contribution in [-0.4, -0.2) is 76.6 Å². The molecule has 0 aromatic heterocycles. The smallest absolute Gasteiger partial charge is 0.191 e. The van der Waals surface area contributed by atoms with Gasteiger partial charge in [0.2, 0.25) is 0 Å². The van der Waals surface area contributed by atoms with Crippen molar-refractivity contribution >= 4 is 5.96 Å². The number of nitrogens with one attached hydrogen (secondary N) is 2. The van der Waals surface area contributed by atoms with Crippen LogP contribution in [0.2, 0.25) is 0 Å². The lowest BCUT2D eigenvalue weighted by Crippen LogP contribution is -2.53. The number of hydrogen-bond donors (Lipinski definition) is 2. The molecule has 0 bridgehead atoms. The van der Waals surface area contributed by atoms with Crippen LogP contribution in [-0.2, 0) is 9.47 Å². The summed E-state index contributed by atoms with van der Waals surface area (Å²) < 4.78 is 10.8. The number of morpholine rings is 1. The molecule has 2 unspecified atom stereocenters. The third kappa shape index (κ3) is 5.33. The van der Waals surface area contributed by atoms with Crippen molar-refractivity contribution in [1.82, 2.24) is 15.5 Å². The normalized spacial score (nSPS) is 25.8. The Bertz CT molecular complexity index is 398. The van der Waals surface area contributed by atoms with Gasteiger partial charge in [-0.2, -0.15) is 0 Å².